The fraction of sp³-hybridized carbons (Fsp3) is 0.0526. The number of nitrogens with one attached hydrogen (secondary N) is 1. The van der Waals surface area contributed by atoms with Gasteiger partial charge in [-0.3, -0.25) is 9.89 Å². The van der Waals surface area contributed by atoms with E-state index >= 15 is 0 Å². The van der Waals surface area contributed by atoms with Gasteiger partial charge in [-0.1, -0.05) is 24.3 Å². The van der Waals surface area contributed by atoms with Crippen molar-refractivity contribution in [1.29, 1.82) is 0 Å². The Morgan fingerprint density at radius 1 is 1.04 bits per heavy atom. The smallest absolute Gasteiger partial charge is 0.250 e. The summed E-state index contributed by atoms with van der Waals surface area (Å²) in [7, 11) is -3.89. The number of aromatic nitrogens is 3. The largest absolute Gasteiger partial charge is 0.382 e. The van der Waals surface area contributed by atoms with E-state index < -0.39 is 10.0 Å². The molecule has 28 heavy (non-hydrogen) atoms. The van der Waals surface area contributed by atoms with Crippen LogP contribution in [0.1, 0.15) is 5.56 Å². The maximum absolute atomic E-state index is 12.3. The molecule has 8 nitrogen and oxygen atoms in total. The number of anilines is 1. The number of aromatic amines is 1. The first-order valence-electron chi connectivity index (χ1n) is 8.38. The lowest BCUT2D eigenvalue weighted by Crippen LogP contribution is -2.21. The summed E-state index contributed by atoms with van der Waals surface area (Å²) in [6.07, 6.45) is 1.68. The molecule has 0 aliphatic carbocycles. The number of pyridine rings is 1. The van der Waals surface area contributed by atoms with E-state index in [1.54, 1.807) is 30.5 Å². The van der Waals surface area contributed by atoms with Crippen molar-refractivity contribution < 1.29 is 8.42 Å². The summed E-state index contributed by atoms with van der Waals surface area (Å²) in [6.45, 7) is 0.0819. The highest BCUT2D eigenvalue weighted by molar-refractivity contribution is 7.89. The lowest BCUT2D eigenvalue weighted by atomic mass is 10.1. The molecule has 0 unspecified atom stereocenters. The summed E-state index contributed by atoms with van der Waals surface area (Å²) in [4.78, 5) is 12.3. The van der Waals surface area contributed by atoms with Crippen molar-refractivity contribution >= 4 is 26.7 Å². The summed E-state index contributed by atoms with van der Waals surface area (Å²) in [5, 5.41) is 13.0. The number of rotatable bonds is 4. The number of nitrogens with zero attached hydrogens (tertiary/aromatic N) is 2. The Morgan fingerprint density at radius 3 is 2.57 bits per heavy atom. The van der Waals surface area contributed by atoms with Crippen molar-refractivity contribution in [2.24, 2.45) is 5.14 Å². The van der Waals surface area contributed by atoms with Gasteiger partial charge in [0, 0.05) is 17.6 Å². The Hall–Kier alpha value is -3.43. The van der Waals surface area contributed by atoms with Crippen LogP contribution >= 0.6 is 0 Å². The average Bonchev–Trinajstić information content (AvgIpc) is 3.03. The molecule has 0 fully saturated rings. The van der Waals surface area contributed by atoms with Gasteiger partial charge in [0.25, 0.3) is 5.56 Å². The van der Waals surface area contributed by atoms with E-state index in [0.717, 1.165) is 22.0 Å². The van der Waals surface area contributed by atoms with Crippen molar-refractivity contribution in [3.63, 3.8) is 0 Å². The third-order valence-electron chi connectivity index (χ3n) is 4.53. The Morgan fingerprint density at radius 2 is 1.79 bits per heavy atom. The van der Waals surface area contributed by atoms with E-state index in [0.29, 0.717) is 11.4 Å². The topological polar surface area (TPSA) is 137 Å². The molecule has 142 valence electrons. The minimum atomic E-state index is -3.89. The predicted molar refractivity (Wildman–Crippen MR) is 107 cm³/mol. The third-order valence-corrected chi connectivity index (χ3v) is 5.54. The number of nitrogen functional groups attached to an aromatic ring is 1. The molecular formula is C19H17N5O3S. The summed E-state index contributed by atoms with van der Waals surface area (Å²) < 4.78 is 25.1. The van der Waals surface area contributed by atoms with Crippen LogP contribution in [0.15, 0.2) is 70.5 Å². The lowest BCUT2D eigenvalue weighted by molar-refractivity contribution is 0.595. The molecular weight excluding hydrogens is 378 g/mol. The zero-order chi connectivity index (χ0) is 19.9. The highest BCUT2D eigenvalue weighted by Gasteiger charge is 2.14. The first kappa shape index (κ1) is 18.0. The second-order valence-electron chi connectivity index (χ2n) is 6.41. The van der Waals surface area contributed by atoms with Gasteiger partial charge in [0.15, 0.2) is 5.82 Å². The zero-order valence-corrected chi connectivity index (χ0v) is 15.5. The summed E-state index contributed by atoms with van der Waals surface area (Å²) in [5.41, 5.74) is 8.44. The summed E-state index contributed by atoms with van der Waals surface area (Å²) in [6, 6.07) is 15.1. The molecule has 5 N–H and O–H groups in total. The van der Waals surface area contributed by atoms with Gasteiger partial charge in [-0.2, -0.15) is 5.10 Å². The Labute approximate surface area is 160 Å². The summed E-state index contributed by atoms with van der Waals surface area (Å²) in [5.74, 6) is 0.422. The number of primary sulfonamides is 1. The fourth-order valence-electron chi connectivity index (χ4n) is 3.14. The average molecular weight is 395 g/mol. The Balaban J connectivity index is 1.77. The highest BCUT2D eigenvalue weighted by Crippen LogP contribution is 2.25. The minimum Gasteiger partial charge on any atom is -0.382 e. The number of H-pyrrole nitrogens is 1. The second-order valence-corrected chi connectivity index (χ2v) is 7.94. The normalized spacial score (nSPS) is 11.8. The van der Waals surface area contributed by atoms with E-state index in [9.17, 15) is 13.2 Å². The molecule has 0 aliphatic heterocycles. The standard InChI is InChI=1S/C19H17N5O3S/c20-19-15-7-5-12(9-16(15)22-23-19)13-6-8-18(25)24(10-13)11-14-3-1-2-4-17(14)28(21,26)27/h1-10H,11H2,(H3,20,22,23)(H2,21,26,27). The van der Waals surface area contributed by atoms with Crippen molar-refractivity contribution in [3.8, 4) is 11.1 Å². The number of benzene rings is 2. The minimum absolute atomic E-state index is 0.00153. The van der Waals surface area contributed by atoms with Crippen LogP contribution in [0.2, 0.25) is 0 Å². The van der Waals surface area contributed by atoms with Crippen molar-refractivity contribution in [3.05, 3.63) is 76.7 Å². The van der Waals surface area contributed by atoms with Crippen LogP contribution in [0.5, 0.6) is 0 Å². The molecule has 0 bridgehead atoms. The molecule has 0 radical (unpaired) electrons. The molecule has 2 aromatic carbocycles. The van der Waals surface area contributed by atoms with Gasteiger partial charge in [-0.15, -0.1) is 0 Å². The molecule has 0 saturated carbocycles. The van der Waals surface area contributed by atoms with Crippen LogP contribution in [0.3, 0.4) is 0 Å². The van der Waals surface area contributed by atoms with E-state index in [1.807, 2.05) is 18.2 Å². The monoisotopic (exact) mass is 395 g/mol. The van der Waals surface area contributed by atoms with Gasteiger partial charge in [0.05, 0.1) is 17.0 Å². The number of hydrogen-bond donors (Lipinski definition) is 3. The van der Waals surface area contributed by atoms with Gasteiger partial charge >= 0.3 is 0 Å². The molecule has 0 spiro atoms. The van der Waals surface area contributed by atoms with Crippen molar-refractivity contribution in [2.75, 3.05) is 5.73 Å². The molecule has 4 aromatic rings. The second kappa shape index (κ2) is 6.63. The van der Waals surface area contributed by atoms with Gasteiger partial charge < -0.3 is 10.3 Å². The maximum atomic E-state index is 12.3. The van der Waals surface area contributed by atoms with Crippen LogP contribution in [-0.2, 0) is 16.6 Å². The first-order chi connectivity index (χ1) is 13.3. The number of sulfonamides is 1. The molecule has 0 atom stereocenters. The van der Waals surface area contributed by atoms with Crippen molar-refractivity contribution in [2.45, 2.75) is 11.4 Å². The molecule has 0 aliphatic rings. The zero-order valence-electron chi connectivity index (χ0n) is 14.7. The number of fused-ring (bicyclic) bond motifs is 1. The molecule has 0 amide bonds. The molecule has 2 aromatic heterocycles. The van der Waals surface area contributed by atoms with Crippen LogP contribution < -0.4 is 16.4 Å². The summed E-state index contributed by atoms with van der Waals surface area (Å²) >= 11 is 0. The van der Waals surface area contributed by atoms with Crippen LogP contribution in [0.25, 0.3) is 22.0 Å². The van der Waals surface area contributed by atoms with E-state index in [4.69, 9.17) is 10.9 Å². The van der Waals surface area contributed by atoms with Gasteiger partial charge in [0.2, 0.25) is 10.0 Å². The molecule has 2 heterocycles. The number of nitrogens with two attached hydrogens (primary N) is 2. The van der Waals surface area contributed by atoms with Crippen LogP contribution in [0.4, 0.5) is 5.82 Å². The van der Waals surface area contributed by atoms with Crippen LogP contribution in [0, 0.1) is 0 Å². The lowest BCUT2D eigenvalue weighted by Gasteiger charge is -2.11. The highest BCUT2D eigenvalue weighted by atomic mass is 32.2. The van der Waals surface area contributed by atoms with Crippen LogP contribution in [-0.4, -0.2) is 23.2 Å². The quantitative estimate of drug-likeness (QED) is 0.483. The molecule has 4 rings (SSSR count). The third kappa shape index (κ3) is 3.28. The van der Waals surface area contributed by atoms with Crippen molar-refractivity contribution in [1.82, 2.24) is 14.8 Å². The molecule has 0 saturated heterocycles. The Kier molecular flexibility index (Phi) is 4.25. The first-order valence-corrected chi connectivity index (χ1v) is 9.93. The van der Waals surface area contributed by atoms with Gasteiger partial charge in [-0.25, -0.2) is 13.6 Å². The van der Waals surface area contributed by atoms with Gasteiger partial charge in [0.1, 0.15) is 0 Å². The SMILES string of the molecule is Nc1n[nH]c2cc(-c3ccc(=O)n(Cc4ccccc4S(N)(=O)=O)c3)ccc12. The maximum Gasteiger partial charge on any atom is 0.250 e. The van der Waals surface area contributed by atoms with Gasteiger partial charge in [-0.05, 0) is 41.0 Å². The molecule has 9 heteroatoms. The number of hydrogen-bond acceptors (Lipinski definition) is 5. The Bertz CT molecular complexity index is 1360. The van der Waals surface area contributed by atoms with E-state index in [-0.39, 0.29) is 17.0 Å². The fourth-order valence-corrected chi connectivity index (χ4v) is 3.91. The predicted octanol–water partition coefficient (Wildman–Crippen LogP) is 1.67. The van der Waals surface area contributed by atoms with E-state index in [1.165, 1.54) is 16.7 Å². The van der Waals surface area contributed by atoms with E-state index in [2.05, 4.69) is 10.2 Å².